The fourth-order valence-electron chi connectivity index (χ4n) is 3.70. The van der Waals surface area contributed by atoms with Gasteiger partial charge < -0.3 is 14.6 Å². The van der Waals surface area contributed by atoms with E-state index in [9.17, 15) is 5.11 Å². The van der Waals surface area contributed by atoms with E-state index < -0.39 is 0 Å². The van der Waals surface area contributed by atoms with Crippen LogP contribution in [0.3, 0.4) is 0 Å². The summed E-state index contributed by atoms with van der Waals surface area (Å²) >= 11 is 0. The van der Waals surface area contributed by atoms with Crippen LogP contribution in [0, 0.1) is 17.8 Å². The molecule has 0 radical (unpaired) electrons. The summed E-state index contributed by atoms with van der Waals surface area (Å²) in [5.74, 6) is 4.07. The van der Waals surface area contributed by atoms with Crippen LogP contribution < -0.4 is 9.47 Å². The molecule has 0 spiro atoms. The highest BCUT2D eigenvalue weighted by Gasteiger charge is 2.39. The number of aliphatic hydroxyl groups is 1. The van der Waals surface area contributed by atoms with Gasteiger partial charge in [-0.2, -0.15) is 0 Å². The van der Waals surface area contributed by atoms with Crippen molar-refractivity contribution in [1.82, 2.24) is 0 Å². The lowest BCUT2D eigenvalue weighted by Gasteiger charge is -2.22. The van der Waals surface area contributed by atoms with E-state index >= 15 is 0 Å². The minimum atomic E-state index is 0.00997. The van der Waals surface area contributed by atoms with E-state index in [1.807, 2.05) is 18.2 Å². The maximum atomic E-state index is 9.36. The Morgan fingerprint density at radius 1 is 1.26 bits per heavy atom. The van der Waals surface area contributed by atoms with Crippen LogP contribution in [-0.2, 0) is 6.61 Å². The molecule has 2 aliphatic carbocycles. The van der Waals surface area contributed by atoms with Crippen molar-refractivity contribution in [3.8, 4) is 11.5 Å². The van der Waals surface area contributed by atoms with Crippen LogP contribution in [0.4, 0.5) is 0 Å². The molecule has 0 heterocycles. The standard InChI is InChI=1S/C16H22O3/c1-18-15-5-4-13(9-17)16(8-15)19-10-14-7-11-2-3-12(14)6-11/h4-5,8,11-12,14,17H,2-3,6-7,9-10H2,1H3. The zero-order valence-corrected chi connectivity index (χ0v) is 11.5. The Morgan fingerprint density at radius 2 is 2.16 bits per heavy atom. The van der Waals surface area contributed by atoms with E-state index in [-0.39, 0.29) is 6.61 Å². The summed E-state index contributed by atoms with van der Waals surface area (Å²) in [7, 11) is 1.65. The van der Waals surface area contributed by atoms with Gasteiger partial charge in [0.25, 0.3) is 0 Å². The average molecular weight is 262 g/mol. The summed E-state index contributed by atoms with van der Waals surface area (Å²) in [6.45, 7) is 0.789. The highest BCUT2D eigenvalue weighted by molar-refractivity contribution is 5.40. The number of rotatable bonds is 5. The van der Waals surface area contributed by atoms with Crippen molar-refractivity contribution in [1.29, 1.82) is 0 Å². The normalized spacial score (nSPS) is 28.6. The predicted octanol–water partition coefficient (Wildman–Crippen LogP) is 3.00. The van der Waals surface area contributed by atoms with Crippen LogP contribution in [0.25, 0.3) is 0 Å². The minimum absolute atomic E-state index is 0.00997. The van der Waals surface area contributed by atoms with Gasteiger partial charge in [-0.15, -0.1) is 0 Å². The number of ether oxygens (including phenoxy) is 2. The molecular formula is C16H22O3. The number of benzene rings is 1. The molecule has 3 nitrogen and oxygen atoms in total. The Morgan fingerprint density at radius 3 is 2.79 bits per heavy atom. The molecule has 2 fully saturated rings. The quantitative estimate of drug-likeness (QED) is 0.886. The minimum Gasteiger partial charge on any atom is -0.497 e. The lowest BCUT2D eigenvalue weighted by atomic mass is 9.89. The number of hydrogen-bond donors (Lipinski definition) is 1. The third kappa shape index (κ3) is 2.57. The molecule has 3 atom stereocenters. The first kappa shape index (κ1) is 12.8. The fraction of sp³-hybridized carbons (Fsp3) is 0.625. The molecular weight excluding hydrogens is 240 g/mol. The second-order valence-electron chi connectivity index (χ2n) is 5.88. The van der Waals surface area contributed by atoms with Crippen LogP contribution in [-0.4, -0.2) is 18.8 Å². The molecule has 19 heavy (non-hydrogen) atoms. The van der Waals surface area contributed by atoms with Gasteiger partial charge in [-0.05, 0) is 49.1 Å². The molecule has 1 aromatic carbocycles. The molecule has 1 aromatic rings. The lowest BCUT2D eigenvalue weighted by molar-refractivity contribution is 0.188. The Labute approximate surface area is 114 Å². The summed E-state index contributed by atoms with van der Waals surface area (Å²) < 4.78 is 11.2. The number of aliphatic hydroxyl groups excluding tert-OH is 1. The predicted molar refractivity (Wildman–Crippen MR) is 73.3 cm³/mol. The van der Waals surface area contributed by atoms with E-state index in [1.54, 1.807) is 7.11 Å². The third-order valence-corrected chi connectivity index (χ3v) is 4.78. The van der Waals surface area contributed by atoms with E-state index in [1.165, 1.54) is 25.7 Å². The second-order valence-corrected chi connectivity index (χ2v) is 5.88. The van der Waals surface area contributed by atoms with Gasteiger partial charge in [0, 0.05) is 11.6 Å². The van der Waals surface area contributed by atoms with Gasteiger partial charge in [-0.25, -0.2) is 0 Å². The van der Waals surface area contributed by atoms with E-state index in [0.29, 0.717) is 5.92 Å². The Bertz CT molecular complexity index is 444. The van der Waals surface area contributed by atoms with Crippen LogP contribution in [0.15, 0.2) is 18.2 Å². The molecule has 2 bridgehead atoms. The van der Waals surface area contributed by atoms with Crippen LogP contribution in [0.5, 0.6) is 11.5 Å². The van der Waals surface area contributed by atoms with Crippen molar-refractivity contribution >= 4 is 0 Å². The number of fused-ring (bicyclic) bond motifs is 2. The molecule has 104 valence electrons. The van der Waals surface area contributed by atoms with E-state index in [0.717, 1.165) is 35.5 Å². The molecule has 3 heteroatoms. The van der Waals surface area contributed by atoms with Gasteiger partial charge >= 0.3 is 0 Å². The highest BCUT2D eigenvalue weighted by atomic mass is 16.5. The Kier molecular flexibility index (Phi) is 3.65. The van der Waals surface area contributed by atoms with Crippen molar-refractivity contribution in [2.75, 3.05) is 13.7 Å². The maximum Gasteiger partial charge on any atom is 0.128 e. The first-order valence-electron chi connectivity index (χ1n) is 7.20. The Hall–Kier alpha value is -1.22. The number of methoxy groups -OCH3 is 1. The van der Waals surface area contributed by atoms with Crippen molar-refractivity contribution < 1.29 is 14.6 Å². The molecule has 3 unspecified atom stereocenters. The molecule has 0 aromatic heterocycles. The van der Waals surface area contributed by atoms with Gasteiger partial charge in [0.05, 0.1) is 20.3 Å². The first-order valence-corrected chi connectivity index (χ1v) is 7.20. The average Bonchev–Trinajstić information content (AvgIpc) is 3.07. The zero-order chi connectivity index (χ0) is 13.2. The molecule has 0 amide bonds. The smallest absolute Gasteiger partial charge is 0.128 e. The Balaban J connectivity index is 1.65. The summed E-state index contributed by atoms with van der Waals surface area (Å²) in [5.41, 5.74) is 0.837. The lowest BCUT2D eigenvalue weighted by Crippen LogP contribution is -2.19. The van der Waals surface area contributed by atoms with Gasteiger partial charge in [0.15, 0.2) is 0 Å². The molecule has 2 aliphatic rings. The molecule has 1 N–H and O–H groups in total. The second kappa shape index (κ2) is 5.41. The van der Waals surface area contributed by atoms with Gasteiger partial charge in [-0.1, -0.05) is 6.42 Å². The van der Waals surface area contributed by atoms with Gasteiger partial charge in [-0.3, -0.25) is 0 Å². The van der Waals surface area contributed by atoms with E-state index in [4.69, 9.17) is 9.47 Å². The first-order chi connectivity index (χ1) is 9.30. The summed E-state index contributed by atoms with van der Waals surface area (Å²) in [4.78, 5) is 0. The molecule has 0 saturated heterocycles. The van der Waals surface area contributed by atoms with Crippen molar-refractivity contribution in [2.45, 2.75) is 32.3 Å². The number of hydrogen-bond acceptors (Lipinski definition) is 3. The van der Waals surface area contributed by atoms with Crippen LogP contribution >= 0.6 is 0 Å². The summed E-state index contributed by atoms with van der Waals surface area (Å²) in [5, 5.41) is 9.36. The monoisotopic (exact) mass is 262 g/mol. The molecule has 3 rings (SSSR count). The van der Waals surface area contributed by atoms with Gasteiger partial charge in [0.2, 0.25) is 0 Å². The highest BCUT2D eigenvalue weighted by Crippen LogP contribution is 2.48. The maximum absolute atomic E-state index is 9.36. The summed E-state index contributed by atoms with van der Waals surface area (Å²) in [6.07, 6.45) is 5.52. The third-order valence-electron chi connectivity index (χ3n) is 4.78. The zero-order valence-electron chi connectivity index (χ0n) is 11.5. The molecule has 0 aliphatic heterocycles. The van der Waals surface area contributed by atoms with Gasteiger partial charge in [0.1, 0.15) is 11.5 Å². The fourth-order valence-corrected chi connectivity index (χ4v) is 3.70. The van der Waals surface area contributed by atoms with Crippen LogP contribution in [0.1, 0.15) is 31.2 Å². The van der Waals surface area contributed by atoms with Crippen molar-refractivity contribution in [2.24, 2.45) is 17.8 Å². The van der Waals surface area contributed by atoms with Crippen molar-refractivity contribution in [3.05, 3.63) is 23.8 Å². The SMILES string of the molecule is COc1ccc(CO)c(OCC2CC3CCC2C3)c1. The largest absolute Gasteiger partial charge is 0.497 e. The van der Waals surface area contributed by atoms with E-state index in [2.05, 4.69) is 0 Å². The summed E-state index contributed by atoms with van der Waals surface area (Å²) in [6, 6.07) is 5.60. The topological polar surface area (TPSA) is 38.7 Å². The van der Waals surface area contributed by atoms with Crippen LogP contribution in [0.2, 0.25) is 0 Å². The molecule has 2 saturated carbocycles. The van der Waals surface area contributed by atoms with Crippen molar-refractivity contribution in [3.63, 3.8) is 0 Å².